The number of pyridine rings is 1. The number of alkyl halides is 5. The third kappa shape index (κ3) is 3.01. The summed E-state index contributed by atoms with van der Waals surface area (Å²) in [6, 6.07) is 0.152. The molecule has 0 bridgehead atoms. The Morgan fingerprint density at radius 1 is 1.41 bits per heavy atom. The fourth-order valence-corrected chi connectivity index (χ4v) is 1.74. The first kappa shape index (κ1) is 14.1. The number of aromatic carboxylic acids is 1. The first-order chi connectivity index (χ1) is 7.64. The van der Waals surface area contributed by atoms with Crippen molar-refractivity contribution in [3.05, 3.63) is 26.6 Å². The summed E-state index contributed by atoms with van der Waals surface area (Å²) in [7, 11) is 0. The van der Waals surface area contributed by atoms with Gasteiger partial charge in [-0.2, -0.15) is 13.2 Å². The highest BCUT2D eigenvalue weighted by molar-refractivity contribution is 14.1. The summed E-state index contributed by atoms with van der Waals surface area (Å²) in [6.07, 6.45) is -8.18. The lowest BCUT2D eigenvalue weighted by molar-refractivity contribution is -0.141. The van der Waals surface area contributed by atoms with Crippen molar-refractivity contribution in [1.82, 2.24) is 4.98 Å². The smallest absolute Gasteiger partial charge is 0.433 e. The Morgan fingerprint density at radius 3 is 2.29 bits per heavy atom. The second kappa shape index (κ2) is 4.70. The Bertz CT molecular complexity index is 460. The fourth-order valence-electron chi connectivity index (χ4n) is 0.995. The molecular formula is C8H3F5INO2. The largest absolute Gasteiger partial charge is 0.476 e. The molecule has 0 saturated carbocycles. The standard InChI is InChI=1S/C8H3F5INO2/c9-6(10)2-1-3(8(11,12)13)15-5(4(2)14)7(16)17/h1,6H,(H,16,17). The molecule has 17 heavy (non-hydrogen) atoms. The molecule has 1 aromatic heterocycles. The van der Waals surface area contributed by atoms with E-state index in [4.69, 9.17) is 5.11 Å². The van der Waals surface area contributed by atoms with Crippen LogP contribution >= 0.6 is 22.6 Å². The molecule has 0 aliphatic rings. The summed E-state index contributed by atoms with van der Waals surface area (Å²) in [4.78, 5) is 13.4. The number of hydrogen-bond donors (Lipinski definition) is 1. The zero-order chi connectivity index (χ0) is 13.4. The molecular weight excluding hydrogens is 364 g/mol. The van der Waals surface area contributed by atoms with Crippen LogP contribution in [0.2, 0.25) is 0 Å². The van der Waals surface area contributed by atoms with E-state index in [0.717, 1.165) is 0 Å². The van der Waals surface area contributed by atoms with E-state index in [2.05, 4.69) is 4.98 Å². The predicted molar refractivity (Wildman–Crippen MR) is 53.9 cm³/mol. The summed E-state index contributed by atoms with van der Waals surface area (Å²) in [6.45, 7) is 0. The van der Waals surface area contributed by atoms with Gasteiger partial charge in [0.05, 0.1) is 3.57 Å². The zero-order valence-corrected chi connectivity index (χ0v) is 9.88. The molecule has 0 saturated heterocycles. The third-order valence-corrected chi connectivity index (χ3v) is 2.85. The van der Waals surface area contributed by atoms with Crippen LogP contribution in [0, 0.1) is 3.57 Å². The van der Waals surface area contributed by atoms with Gasteiger partial charge in [-0.3, -0.25) is 0 Å². The molecule has 1 heterocycles. The second-order valence-corrected chi connectivity index (χ2v) is 3.94. The number of halogens is 6. The summed E-state index contributed by atoms with van der Waals surface area (Å²) < 4.78 is 61.3. The van der Waals surface area contributed by atoms with Crippen molar-refractivity contribution in [1.29, 1.82) is 0 Å². The van der Waals surface area contributed by atoms with E-state index in [1.807, 2.05) is 0 Å². The number of rotatable bonds is 2. The maximum Gasteiger partial charge on any atom is 0.433 e. The minimum absolute atomic E-state index is 0.152. The molecule has 0 spiro atoms. The molecule has 94 valence electrons. The lowest BCUT2D eigenvalue weighted by atomic mass is 10.2. The Balaban J connectivity index is 3.53. The van der Waals surface area contributed by atoms with Crippen molar-refractivity contribution < 1.29 is 31.9 Å². The number of hydrogen-bond acceptors (Lipinski definition) is 2. The molecule has 1 N–H and O–H groups in total. The van der Waals surface area contributed by atoms with Gasteiger partial charge in [0, 0.05) is 5.56 Å². The van der Waals surface area contributed by atoms with Crippen molar-refractivity contribution in [3.8, 4) is 0 Å². The van der Waals surface area contributed by atoms with E-state index in [1.165, 1.54) is 22.6 Å². The maximum absolute atomic E-state index is 12.4. The second-order valence-electron chi connectivity index (χ2n) is 2.86. The van der Waals surface area contributed by atoms with Gasteiger partial charge >= 0.3 is 12.1 Å². The van der Waals surface area contributed by atoms with Gasteiger partial charge in [-0.05, 0) is 28.7 Å². The zero-order valence-electron chi connectivity index (χ0n) is 7.73. The number of carboxylic acids is 1. The van der Waals surface area contributed by atoms with E-state index >= 15 is 0 Å². The van der Waals surface area contributed by atoms with Crippen LogP contribution in [0.4, 0.5) is 22.0 Å². The summed E-state index contributed by atoms with van der Waals surface area (Å²) in [5.41, 5.74) is -3.67. The summed E-state index contributed by atoms with van der Waals surface area (Å²) >= 11 is 1.23. The van der Waals surface area contributed by atoms with Crippen LogP contribution < -0.4 is 0 Å². The maximum atomic E-state index is 12.4. The minimum atomic E-state index is -4.97. The monoisotopic (exact) mass is 367 g/mol. The summed E-state index contributed by atoms with van der Waals surface area (Å²) in [5, 5.41) is 8.58. The van der Waals surface area contributed by atoms with Gasteiger partial charge in [-0.25, -0.2) is 18.6 Å². The van der Waals surface area contributed by atoms with Crippen LogP contribution in [0.1, 0.15) is 28.2 Å². The van der Waals surface area contributed by atoms with Gasteiger partial charge in [-0.1, -0.05) is 0 Å². The van der Waals surface area contributed by atoms with Gasteiger partial charge in [0.25, 0.3) is 6.43 Å². The van der Waals surface area contributed by atoms with Gasteiger partial charge < -0.3 is 5.11 Å². The van der Waals surface area contributed by atoms with E-state index in [9.17, 15) is 26.7 Å². The molecule has 0 unspecified atom stereocenters. The number of aromatic nitrogens is 1. The number of carbonyl (C=O) groups is 1. The van der Waals surface area contributed by atoms with Crippen molar-refractivity contribution in [3.63, 3.8) is 0 Å². The SMILES string of the molecule is O=C(O)c1nc(C(F)(F)F)cc(C(F)F)c1I. The van der Waals surface area contributed by atoms with Crippen LogP contribution in [0.25, 0.3) is 0 Å². The molecule has 3 nitrogen and oxygen atoms in total. The first-order valence-corrected chi connectivity index (χ1v) is 5.01. The van der Waals surface area contributed by atoms with Gasteiger partial charge in [0.2, 0.25) is 0 Å². The molecule has 0 radical (unpaired) electrons. The van der Waals surface area contributed by atoms with Crippen LogP contribution in [0.5, 0.6) is 0 Å². The van der Waals surface area contributed by atoms with E-state index < -0.39 is 39.1 Å². The summed E-state index contributed by atoms with van der Waals surface area (Å²) in [5.74, 6) is -1.79. The van der Waals surface area contributed by atoms with Crippen LogP contribution in [0.15, 0.2) is 6.07 Å². The number of carboxylic acid groups (broad SMARTS) is 1. The normalized spacial score (nSPS) is 11.9. The third-order valence-electron chi connectivity index (χ3n) is 1.71. The predicted octanol–water partition coefficient (Wildman–Crippen LogP) is 3.34. The lowest BCUT2D eigenvalue weighted by Gasteiger charge is -2.11. The Morgan fingerprint density at radius 2 is 1.94 bits per heavy atom. The highest BCUT2D eigenvalue weighted by Crippen LogP contribution is 2.33. The average molecular weight is 367 g/mol. The highest BCUT2D eigenvalue weighted by atomic mass is 127. The Kier molecular flexibility index (Phi) is 3.89. The van der Waals surface area contributed by atoms with Gasteiger partial charge in [0.15, 0.2) is 5.69 Å². The molecule has 0 aliphatic carbocycles. The fraction of sp³-hybridized carbons (Fsp3) is 0.250. The minimum Gasteiger partial charge on any atom is -0.476 e. The van der Waals surface area contributed by atoms with Gasteiger partial charge in [-0.15, -0.1) is 0 Å². The van der Waals surface area contributed by atoms with E-state index in [-0.39, 0.29) is 6.07 Å². The molecule has 9 heteroatoms. The Hall–Kier alpha value is -1.00. The number of nitrogens with zero attached hydrogens (tertiary/aromatic N) is 1. The van der Waals surface area contributed by atoms with Crippen LogP contribution in [-0.4, -0.2) is 16.1 Å². The average Bonchev–Trinajstić information content (AvgIpc) is 2.14. The molecule has 1 rings (SSSR count). The molecule has 0 fully saturated rings. The quantitative estimate of drug-likeness (QED) is 0.645. The van der Waals surface area contributed by atoms with Crippen molar-refractivity contribution in [2.75, 3.05) is 0 Å². The molecule has 0 aliphatic heterocycles. The molecule has 0 aromatic carbocycles. The molecule has 0 amide bonds. The Labute approximate surface area is 105 Å². The first-order valence-electron chi connectivity index (χ1n) is 3.93. The van der Waals surface area contributed by atoms with Crippen molar-refractivity contribution in [2.45, 2.75) is 12.6 Å². The molecule has 0 atom stereocenters. The topological polar surface area (TPSA) is 50.2 Å². The van der Waals surface area contributed by atoms with Gasteiger partial charge in [0.1, 0.15) is 5.69 Å². The van der Waals surface area contributed by atoms with E-state index in [0.29, 0.717) is 0 Å². The van der Waals surface area contributed by atoms with Crippen molar-refractivity contribution in [2.24, 2.45) is 0 Å². The van der Waals surface area contributed by atoms with E-state index in [1.54, 1.807) is 0 Å². The van der Waals surface area contributed by atoms with Crippen LogP contribution in [-0.2, 0) is 6.18 Å². The highest BCUT2D eigenvalue weighted by Gasteiger charge is 2.36. The molecule has 1 aromatic rings. The lowest BCUT2D eigenvalue weighted by Crippen LogP contribution is -2.15. The van der Waals surface area contributed by atoms with Crippen LogP contribution in [0.3, 0.4) is 0 Å². The van der Waals surface area contributed by atoms with Crippen molar-refractivity contribution >= 4 is 28.6 Å².